The van der Waals surface area contributed by atoms with Crippen molar-refractivity contribution in [3.63, 3.8) is 0 Å². The maximum atomic E-state index is 13.3. The van der Waals surface area contributed by atoms with Crippen molar-refractivity contribution in [3.05, 3.63) is 27.7 Å². The van der Waals surface area contributed by atoms with Crippen LogP contribution in [0.2, 0.25) is 0 Å². The first-order valence-electron chi connectivity index (χ1n) is 4.95. The molecule has 0 saturated carbocycles. The van der Waals surface area contributed by atoms with E-state index in [1.165, 1.54) is 6.07 Å². The molecule has 0 heterocycles. The Morgan fingerprint density at radius 1 is 1.39 bits per heavy atom. The van der Waals surface area contributed by atoms with E-state index in [-0.39, 0.29) is 29.1 Å². The van der Waals surface area contributed by atoms with Crippen molar-refractivity contribution in [3.8, 4) is 5.75 Å². The summed E-state index contributed by atoms with van der Waals surface area (Å²) in [7, 11) is 0. The Kier molecular flexibility index (Phi) is 6.00. The maximum absolute atomic E-state index is 13.3. The fourth-order valence-electron chi connectivity index (χ4n) is 1.36. The molecule has 0 bridgehead atoms. The number of nitrogens with two attached hydrogens (primary N) is 1. The van der Waals surface area contributed by atoms with Gasteiger partial charge in [-0.3, -0.25) is 0 Å². The Hall–Kier alpha value is -0.430. The van der Waals surface area contributed by atoms with Crippen molar-refractivity contribution in [1.29, 1.82) is 0 Å². The Morgan fingerprint density at radius 2 is 1.89 bits per heavy atom. The molecule has 0 amide bonds. The van der Waals surface area contributed by atoms with Gasteiger partial charge < -0.3 is 15.9 Å². The molecule has 0 aromatic heterocycles. The first-order valence-corrected chi connectivity index (χ1v) is 5.74. The number of aromatic hydroxyl groups is 1. The molecular weight excluding hydrogens is 331 g/mol. The summed E-state index contributed by atoms with van der Waals surface area (Å²) in [5, 5.41) is 18.7. The summed E-state index contributed by atoms with van der Waals surface area (Å²) in [6.07, 6.45) is 0. The van der Waals surface area contributed by atoms with E-state index in [9.17, 15) is 13.9 Å². The van der Waals surface area contributed by atoms with Gasteiger partial charge in [0.15, 0.2) is 11.6 Å². The number of rotatable bonds is 3. The topological polar surface area (TPSA) is 66.5 Å². The van der Waals surface area contributed by atoms with E-state index >= 15 is 0 Å². The Morgan fingerprint density at radius 3 is 2.33 bits per heavy atom. The lowest BCUT2D eigenvalue weighted by molar-refractivity contribution is 0.130. The number of phenols is 1. The minimum absolute atomic E-state index is 0. The first-order chi connectivity index (χ1) is 7.72. The zero-order chi connectivity index (χ0) is 13.4. The smallest absolute Gasteiger partial charge is 0.201 e. The van der Waals surface area contributed by atoms with Gasteiger partial charge in [-0.15, -0.1) is 12.4 Å². The van der Waals surface area contributed by atoms with Crippen LogP contribution in [-0.2, 0) is 0 Å². The van der Waals surface area contributed by atoms with E-state index in [0.717, 1.165) is 0 Å². The highest BCUT2D eigenvalue weighted by molar-refractivity contribution is 9.10. The van der Waals surface area contributed by atoms with Gasteiger partial charge in [-0.1, -0.05) is 13.8 Å². The molecule has 18 heavy (non-hydrogen) atoms. The van der Waals surface area contributed by atoms with Crippen LogP contribution in [-0.4, -0.2) is 16.8 Å². The first kappa shape index (κ1) is 17.6. The normalized spacial score (nSPS) is 13.1. The second kappa shape index (κ2) is 6.14. The van der Waals surface area contributed by atoms with Crippen LogP contribution in [0.25, 0.3) is 0 Å². The third-order valence-electron chi connectivity index (χ3n) is 2.75. The quantitative estimate of drug-likeness (QED) is 0.737. The second-order valence-corrected chi connectivity index (χ2v) is 5.40. The molecule has 1 atom stereocenters. The van der Waals surface area contributed by atoms with E-state index in [1.54, 1.807) is 13.8 Å². The molecule has 0 fully saturated rings. The van der Waals surface area contributed by atoms with Gasteiger partial charge in [-0.2, -0.15) is 4.39 Å². The monoisotopic (exact) mass is 345 g/mol. The number of hydrogen-bond acceptors (Lipinski definition) is 3. The fraction of sp³-hybridized carbons (Fsp3) is 0.455. The van der Waals surface area contributed by atoms with Crippen LogP contribution >= 0.6 is 28.3 Å². The van der Waals surface area contributed by atoms with Crippen molar-refractivity contribution >= 4 is 28.3 Å². The lowest BCUT2D eigenvalue weighted by Gasteiger charge is -2.30. The predicted molar refractivity (Wildman–Crippen MR) is 70.8 cm³/mol. The molecule has 104 valence electrons. The maximum Gasteiger partial charge on any atom is 0.201 e. The molecule has 0 saturated heterocycles. The molecule has 4 N–H and O–H groups in total. The van der Waals surface area contributed by atoms with Gasteiger partial charge in [-0.05, 0) is 22.0 Å². The van der Waals surface area contributed by atoms with E-state index in [1.807, 2.05) is 0 Å². The Labute approximate surface area is 119 Å². The van der Waals surface area contributed by atoms with Crippen molar-refractivity contribution in [2.24, 2.45) is 11.1 Å². The number of benzene rings is 1. The molecule has 0 aliphatic heterocycles. The van der Waals surface area contributed by atoms with Crippen LogP contribution in [0.4, 0.5) is 8.78 Å². The SMILES string of the molecule is CC(C)(CO)[C@H](N)c1cc(Br)c(F)c(F)c1O.Cl. The standard InChI is InChI=1S/C11H14BrF2NO2.ClH/c1-11(2,4-16)10(15)5-3-6(12)7(13)8(14)9(5)17;/h3,10,16-17H,4,15H2,1-2H3;1H/t10-;/m1./s1. The lowest BCUT2D eigenvalue weighted by Crippen LogP contribution is -2.32. The summed E-state index contributed by atoms with van der Waals surface area (Å²) >= 11 is 2.84. The van der Waals surface area contributed by atoms with E-state index in [0.29, 0.717) is 0 Å². The molecule has 1 aromatic carbocycles. The van der Waals surface area contributed by atoms with Crippen LogP contribution in [0.15, 0.2) is 10.5 Å². The summed E-state index contributed by atoms with van der Waals surface area (Å²) in [5.74, 6) is -3.33. The van der Waals surface area contributed by atoms with E-state index < -0.39 is 28.8 Å². The zero-order valence-electron chi connectivity index (χ0n) is 9.88. The number of hydrogen-bond donors (Lipinski definition) is 3. The summed E-state index contributed by atoms with van der Waals surface area (Å²) in [6.45, 7) is 3.07. The van der Waals surface area contributed by atoms with Crippen molar-refractivity contribution in [2.75, 3.05) is 6.61 Å². The number of phenolic OH excluding ortho intramolecular Hbond substituents is 1. The average Bonchev–Trinajstić information content (AvgIpc) is 2.30. The third kappa shape index (κ3) is 3.12. The molecule has 0 radical (unpaired) electrons. The Bertz CT molecular complexity index is 444. The van der Waals surface area contributed by atoms with Gasteiger partial charge in [0, 0.05) is 23.6 Å². The number of aliphatic hydroxyl groups is 1. The van der Waals surface area contributed by atoms with Crippen LogP contribution in [0, 0.1) is 17.0 Å². The van der Waals surface area contributed by atoms with Gasteiger partial charge in [0.05, 0.1) is 4.47 Å². The highest BCUT2D eigenvalue weighted by atomic mass is 79.9. The zero-order valence-corrected chi connectivity index (χ0v) is 12.3. The molecule has 0 unspecified atom stereocenters. The van der Waals surface area contributed by atoms with Crippen molar-refractivity contribution < 1.29 is 19.0 Å². The highest BCUT2D eigenvalue weighted by Crippen LogP contribution is 2.39. The fourth-order valence-corrected chi connectivity index (χ4v) is 1.78. The van der Waals surface area contributed by atoms with Crippen LogP contribution in [0.5, 0.6) is 5.75 Å². The van der Waals surface area contributed by atoms with Gasteiger partial charge >= 0.3 is 0 Å². The van der Waals surface area contributed by atoms with Gasteiger partial charge in [0.25, 0.3) is 0 Å². The van der Waals surface area contributed by atoms with Gasteiger partial charge in [-0.25, -0.2) is 4.39 Å². The lowest BCUT2D eigenvalue weighted by atomic mass is 9.81. The summed E-state index contributed by atoms with van der Waals surface area (Å²) in [6, 6.07) is 0.398. The molecule has 0 spiro atoms. The Balaban J connectivity index is 0.00000289. The predicted octanol–water partition coefficient (Wildman–Crippen LogP) is 2.87. The molecule has 7 heteroatoms. The second-order valence-electron chi connectivity index (χ2n) is 4.55. The van der Waals surface area contributed by atoms with E-state index in [4.69, 9.17) is 10.8 Å². The summed E-state index contributed by atoms with van der Waals surface area (Å²) in [4.78, 5) is 0. The summed E-state index contributed by atoms with van der Waals surface area (Å²) in [5.41, 5.74) is 5.13. The number of aliphatic hydroxyl groups excluding tert-OH is 1. The molecule has 0 aliphatic rings. The molecule has 1 aromatic rings. The number of halogens is 4. The van der Waals surface area contributed by atoms with E-state index in [2.05, 4.69) is 15.9 Å². The molecule has 1 rings (SSSR count). The molecule has 0 aliphatic carbocycles. The minimum Gasteiger partial charge on any atom is -0.505 e. The molecular formula is C11H15BrClF2NO2. The summed E-state index contributed by atoms with van der Waals surface area (Å²) < 4.78 is 26.4. The third-order valence-corrected chi connectivity index (χ3v) is 3.33. The van der Waals surface area contributed by atoms with Gasteiger partial charge in [0.1, 0.15) is 0 Å². The molecule has 3 nitrogen and oxygen atoms in total. The average molecular weight is 347 g/mol. The van der Waals surface area contributed by atoms with Crippen LogP contribution in [0.1, 0.15) is 25.5 Å². The minimum atomic E-state index is -1.35. The van der Waals surface area contributed by atoms with Crippen molar-refractivity contribution in [2.45, 2.75) is 19.9 Å². The van der Waals surface area contributed by atoms with Crippen LogP contribution < -0.4 is 5.73 Å². The van der Waals surface area contributed by atoms with Crippen molar-refractivity contribution in [1.82, 2.24) is 0 Å². The van der Waals surface area contributed by atoms with Gasteiger partial charge in [0.2, 0.25) is 5.82 Å². The largest absolute Gasteiger partial charge is 0.505 e. The van der Waals surface area contributed by atoms with Crippen LogP contribution in [0.3, 0.4) is 0 Å². The highest BCUT2D eigenvalue weighted by Gasteiger charge is 2.31.